The van der Waals surface area contributed by atoms with Gasteiger partial charge in [-0.1, -0.05) is 13.0 Å². The Hall–Kier alpha value is -1.13. The maximum Gasteiger partial charge on any atom is 0.212 e. The van der Waals surface area contributed by atoms with Crippen LogP contribution in [0.15, 0.2) is 18.3 Å². The van der Waals surface area contributed by atoms with Gasteiger partial charge in [-0.15, -0.1) is 0 Å². The number of rotatable bonds is 7. The fraction of sp³-hybridized carbons (Fsp3) is 0.583. The molecule has 1 unspecified atom stereocenters. The zero-order valence-corrected chi connectivity index (χ0v) is 9.98. The standard InChI is InChI=1S/C12H20N2O2/c1-3-6-16-9-11(13)7-10-4-5-12(15-2)14-8-10/h4-5,8,11H,3,6-7,9,13H2,1-2H3. The van der Waals surface area contributed by atoms with Crippen LogP contribution in [0.3, 0.4) is 0 Å². The summed E-state index contributed by atoms with van der Waals surface area (Å²) in [6.45, 7) is 3.45. The van der Waals surface area contributed by atoms with Crippen LogP contribution in [0.5, 0.6) is 5.88 Å². The van der Waals surface area contributed by atoms with Crippen LogP contribution >= 0.6 is 0 Å². The molecule has 1 rings (SSSR count). The third-order valence-electron chi connectivity index (χ3n) is 2.19. The molecule has 0 amide bonds. The molecule has 0 saturated carbocycles. The van der Waals surface area contributed by atoms with Crippen LogP contribution in [0.4, 0.5) is 0 Å². The SMILES string of the molecule is CCCOCC(N)Cc1ccc(OC)nc1. The van der Waals surface area contributed by atoms with E-state index in [9.17, 15) is 0 Å². The summed E-state index contributed by atoms with van der Waals surface area (Å²) in [4.78, 5) is 4.13. The number of hydrogen-bond acceptors (Lipinski definition) is 4. The predicted molar refractivity (Wildman–Crippen MR) is 63.6 cm³/mol. The summed E-state index contributed by atoms with van der Waals surface area (Å²) in [6.07, 6.45) is 3.59. The first-order valence-corrected chi connectivity index (χ1v) is 5.58. The predicted octanol–water partition coefficient (Wildman–Crippen LogP) is 1.39. The van der Waals surface area contributed by atoms with Crippen LogP contribution in [0.1, 0.15) is 18.9 Å². The molecule has 1 heterocycles. The number of nitrogens with two attached hydrogens (primary N) is 1. The Bertz CT molecular complexity index is 288. The van der Waals surface area contributed by atoms with Crippen molar-refractivity contribution < 1.29 is 9.47 Å². The highest BCUT2D eigenvalue weighted by Gasteiger charge is 2.04. The number of aromatic nitrogens is 1. The Balaban J connectivity index is 2.34. The van der Waals surface area contributed by atoms with Gasteiger partial charge in [0.1, 0.15) is 0 Å². The Labute approximate surface area is 96.8 Å². The van der Waals surface area contributed by atoms with E-state index in [0.717, 1.165) is 25.0 Å². The number of pyridine rings is 1. The molecule has 0 bridgehead atoms. The Kier molecular flexibility index (Phi) is 5.82. The van der Waals surface area contributed by atoms with Gasteiger partial charge in [0.05, 0.1) is 13.7 Å². The molecule has 0 fully saturated rings. The smallest absolute Gasteiger partial charge is 0.212 e. The maximum absolute atomic E-state index is 5.93. The molecular formula is C12H20N2O2. The average molecular weight is 224 g/mol. The molecule has 1 atom stereocenters. The van der Waals surface area contributed by atoms with Crippen molar-refractivity contribution in [2.75, 3.05) is 20.3 Å². The minimum Gasteiger partial charge on any atom is -0.481 e. The highest BCUT2D eigenvalue weighted by molar-refractivity contribution is 5.18. The van der Waals surface area contributed by atoms with E-state index in [4.69, 9.17) is 15.2 Å². The van der Waals surface area contributed by atoms with Gasteiger partial charge in [-0.05, 0) is 18.4 Å². The van der Waals surface area contributed by atoms with Gasteiger partial charge in [-0.25, -0.2) is 4.98 Å². The van der Waals surface area contributed by atoms with Gasteiger partial charge >= 0.3 is 0 Å². The lowest BCUT2D eigenvalue weighted by molar-refractivity contribution is 0.121. The highest BCUT2D eigenvalue weighted by atomic mass is 16.5. The second-order valence-electron chi connectivity index (χ2n) is 3.75. The zero-order valence-electron chi connectivity index (χ0n) is 9.98. The van der Waals surface area contributed by atoms with Crippen molar-refractivity contribution in [2.24, 2.45) is 5.73 Å². The van der Waals surface area contributed by atoms with Gasteiger partial charge in [0.2, 0.25) is 5.88 Å². The van der Waals surface area contributed by atoms with E-state index in [2.05, 4.69) is 11.9 Å². The van der Waals surface area contributed by atoms with Crippen LogP contribution in [-0.4, -0.2) is 31.3 Å². The van der Waals surface area contributed by atoms with E-state index in [1.807, 2.05) is 12.1 Å². The van der Waals surface area contributed by atoms with E-state index in [-0.39, 0.29) is 6.04 Å². The van der Waals surface area contributed by atoms with E-state index < -0.39 is 0 Å². The third-order valence-corrected chi connectivity index (χ3v) is 2.19. The van der Waals surface area contributed by atoms with Crippen molar-refractivity contribution in [3.05, 3.63) is 23.9 Å². The fourth-order valence-corrected chi connectivity index (χ4v) is 1.39. The van der Waals surface area contributed by atoms with Gasteiger partial charge in [-0.3, -0.25) is 0 Å². The van der Waals surface area contributed by atoms with Crippen molar-refractivity contribution in [2.45, 2.75) is 25.8 Å². The second kappa shape index (κ2) is 7.19. The average Bonchev–Trinajstić information content (AvgIpc) is 2.30. The van der Waals surface area contributed by atoms with E-state index in [0.29, 0.717) is 12.5 Å². The first kappa shape index (κ1) is 12.9. The quantitative estimate of drug-likeness (QED) is 0.711. The van der Waals surface area contributed by atoms with Gasteiger partial charge in [0.15, 0.2) is 0 Å². The lowest BCUT2D eigenvalue weighted by Crippen LogP contribution is -2.28. The lowest BCUT2D eigenvalue weighted by Gasteiger charge is -2.11. The molecule has 2 N–H and O–H groups in total. The number of methoxy groups -OCH3 is 1. The Morgan fingerprint density at radius 3 is 2.81 bits per heavy atom. The maximum atomic E-state index is 5.93. The van der Waals surface area contributed by atoms with Gasteiger partial charge in [0, 0.05) is 24.9 Å². The van der Waals surface area contributed by atoms with Crippen LogP contribution in [0, 0.1) is 0 Å². The van der Waals surface area contributed by atoms with Gasteiger partial charge in [-0.2, -0.15) is 0 Å². The van der Waals surface area contributed by atoms with E-state index in [1.54, 1.807) is 13.3 Å². The topological polar surface area (TPSA) is 57.4 Å². The van der Waals surface area contributed by atoms with Crippen LogP contribution in [-0.2, 0) is 11.2 Å². The fourth-order valence-electron chi connectivity index (χ4n) is 1.39. The summed E-state index contributed by atoms with van der Waals surface area (Å²) in [6, 6.07) is 3.85. The summed E-state index contributed by atoms with van der Waals surface area (Å²) in [5.41, 5.74) is 7.04. The second-order valence-corrected chi connectivity index (χ2v) is 3.75. The summed E-state index contributed by atoms with van der Waals surface area (Å²) >= 11 is 0. The van der Waals surface area contributed by atoms with Crippen molar-refractivity contribution >= 4 is 0 Å². The molecule has 16 heavy (non-hydrogen) atoms. The van der Waals surface area contributed by atoms with Crippen molar-refractivity contribution in [1.29, 1.82) is 0 Å². The van der Waals surface area contributed by atoms with E-state index >= 15 is 0 Å². The van der Waals surface area contributed by atoms with Crippen molar-refractivity contribution in [3.8, 4) is 5.88 Å². The number of ether oxygens (including phenoxy) is 2. The first-order valence-electron chi connectivity index (χ1n) is 5.58. The Morgan fingerprint density at radius 1 is 1.44 bits per heavy atom. The van der Waals surface area contributed by atoms with Gasteiger partial charge in [0.25, 0.3) is 0 Å². The lowest BCUT2D eigenvalue weighted by atomic mass is 10.1. The molecule has 1 aromatic heterocycles. The third kappa shape index (κ3) is 4.59. The molecule has 4 nitrogen and oxygen atoms in total. The molecular weight excluding hydrogens is 204 g/mol. The molecule has 0 spiro atoms. The monoisotopic (exact) mass is 224 g/mol. The molecule has 1 aromatic rings. The summed E-state index contributed by atoms with van der Waals surface area (Å²) in [5.74, 6) is 0.625. The molecule has 0 aromatic carbocycles. The van der Waals surface area contributed by atoms with Crippen molar-refractivity contribution in [3.63, 3.8) is 0 Å². The van der Waals surface area contributed by atoms with Crippen LogP contribution in [0.25, 0.3) is 0 Å². The number of hydrogen-bond donors (Lipinski definition) is 1. The normalized spacial score (nSPS) is 12.4. The molecule has 0 aliphatic rings. The zero-order chi connectivity index (χ0) is 11.8. The molecule has 4 heteroatoms. The van der Waals surface area contributed by atoms with Gasteiger partial charge < -0.3 is 15.2 Å². The Morgan fingerprint density at radius 2 is 2.25 bits per heavy atom. The van der Waals surface area contributed by atoms with Crippen LogP contribution in [0.2, 0.25) is 0 Å². The first-order chi connectivity index (χ1) is 7.76. The summed E-state index contributed by atoms with van der Waals surface area (Å²) in [7, 11) is 1.60. The molecule has 0 aliphatic heterocycles. The largest absolute Gasteiger partial charge is 0.481 e. The van der Waals surface area contributed by atoms with Crippen molar-refractivity contribution in [1.82, 2.24) is 4.98 Å². The molecule has 0 saturated heterocycles. The molecule has 90 valence electrons. The summed E-state index contributed by atoms with van der Waals surface area (Å²) in [5, 5.41) is 0. The molecule has 0 radical (unpaired) electrons. The number of nitrogens with zero attached hydrogens (tertiary/aromatic N) is 1. The minimum atomic E-state index is 0.0294. The minimum absolute atomic E-state index is 0.0294. The summed E-state index contributed by atoms with van der Waals surface area (Å²) < 4.78 is 10.4. The molecule has 0 aliphatic carbocycles. The highest BCUT2D eigenvalue weighted by Crippen LogP contribution is 2.08. The van der Waals surface area contributed by atoms with Crippen LogP contribution < -0.4 is 10.5 Å². The van der Waals surface area contributed by atoms with E-state index in [1.165, 1.54) is 0 Å².